The van der Waals surface area contributed by atoms with Gasteiger partial charge in [-0.25, -0.2) is 13.6 Å². The molecule has 1 aromatic heterocycles. The lowest BCUT2D eigenvalue weighted by Crippen LogP contribution is -2.27. The van der Waals surface area contributed by atoms with Crippen molar-refractivity contribution in [3.8, 4) is 0 Å². The predicted molar refractivity (Wildman–Crippen MR) is 77.0 cm³/mol. The molecule has 0 saturated heterocycles. The van der Waals surface area contributed by atoms with Gasteiger partial charge in [-0.3, -0.25) is 4.68 Å². The second kappa shape index (κ2) is 5.55. The maximum atomic E-state index is 13.3. The molecule has 0 radical (unpaired) electrons. The predicted octanol–water partition coefficient (Wildman–Crippen LogP) is 3.55. The third-order valence-electron chi connectivity index (χ3n) is 4.13. The summed E-state index contributed by atoms with van der Waals surface area (Å²) in [5.41, 5.74) is 1.48. The Kier molecular flexibility index (Phi) is 3.72. The Labute approximate surface area is 125 Å². The SMILES string of the molecule is O=C(O)NCc1nn(C2CCC(F)(F)CC2)c2ccccc12. The van der Waals surface area contributed by atoms with Crippen molar-refractivity contribution in [1.82, 2.24) is 15.1 Å². The molecule has 2 N–H and O–H groups in total. The molecule has 1 aromatic carbocycles. The van der Waals surface area contributed by atoms with E-state index in [1.54, 1.807) is 4.68 Å². The Morgan fingerprint density at radius 3 is 2.73 bits per heavy atom. The molecule has 3 rings (SSSR count). The molecule has 0 aliphatic heterocycles. The number of amides is 1. The van der Waals surface area contributed by atoms with E-state index in [0.29, 0.717) is 18.5 Å². The smallest absolute Gasteiger partial charge is 0.404 e. The normalized spacial score (nSPS) is 18.5. The highest BCUT2D eigenvalue weighted by Gasteiger charge is 2.36. The summed E-state index contributed by atoms with van der Waals surface area (Å²) in [5.74, 6) is -2.58. The van der Waals surface area contributed by atoms with E-state index >= 15 is 0 Å². The molecule has 1 heterocycles. The zero-order valence-electron chi connectivity index (χ0n) is 11.9. The van der Waals surface area contributed by atoms with E-state index in [4.69, 9.17) is 5.11 Å². The molecular formula is C15H17F2N3O2. The molecular weight excluding hydrogens is 292 g/mol. The molecule has 0 spiro atoms. The van der Waals surface area contributed by atoms with Gasteiger partial charge in [0, 0.05) is 18.2 Å². The van der Waals surface area contributed by atoms with Crippen LogP contribution in [0.15, 0.2) is 24.3 Å². The molecule has 7 heteroatoms. The average molecular weight is 309 g/mol. The van der Waals surface area contributed by atoms with E-state index in [9.17, 15) is 13.6 Å². The standard InChI is InChI=1S/C15H17F2N3O2/c16-15(17)7-5-10(6-8-15)20-13-4-2-1-3-11(13)12(19-20)9-18-14(21)22/h1-4,10,18H,5-9H2,(H,21,22). The number of hydrogen-bond donors (Lipinski definition) is 2. The molecule has 1 aliphatic rings. The van der Waals surface area contributed by atoms with Gasteiger partial charge in [-0.2, -0.15) is 5.10 Å². The summed E-state index contributed by atoms with van der Waals surface area (Å²) in [6.45, 7) is 0.103. The summed E-state index contributed by atoms with van der Waals surface area (Å²) in [6.07, 6.45) is -0.617. The number of carbonyl (C=O) groups is 1. The minimum Gasteiger partial charge on any atom is -0.465 e. The van der Waals surface area contributed by atoms with E-state index in [1.165, 1.54) is 0 Å². The molecule has 1 aliphatic carbocycles. The van der Waals surface area contributed by atoms with Gasteiger partial charge >= 0.3 is 6.09 Å². The number of fused-ring (bicyclic) bond motifs is 1. The first kappa shape index (κ1) is 14.7. The number of alkyl halides is 2. The van der Waals surface area contributed by atoms with Gasteiger partial charge in [-0.1, -0.05) is 18.2 Å². The van der Waals surface area contributed by atoms with Gasteiger partial charge in [0.15, 0.2) is 0 Å². The quantitative estimate of drug-likeness (QED) is 0.911. The number of rotatable bonds is 3. The number of hydrogen-bond acceptors (Lipinski definition) is 2. The first-order valence-corrected chi connectivity index (χ1v) is 7.27. The van der Waals surface area contributed by atoms with Crippen LogP contribution in [0.4, 0.5) is 13.6 Å². The van der Waals surface area contributed by atoms with Crippen molar-refractivity contribution in [3.05, 3.63) is 30.0 Å². The summed E-state index contributed by atoms with van der Waals surface area (Å²) in [4.78, 5) is 10.7. The van der Waals surface area contributed by atoms with Gasteiger partial charge in [-0.15, -0.1) is 0 Å². The topological polar surface area (TPSA) is 67.2 Å². The summed E-state index contributed by atoms with van der Waals surface area (Å²) in [5, 5.41) is 16.4. The van der Waals surface area contributed by atoms with E-state index in [2.05, 4.69) is 10.4 Å². The number of carboxylic acid groups (broad SMARTS) is 1. The van der Waals surface area contributed by atoms with Gasteiger partial charge in [-0.05, 0) is 18.9 Å². The Hall–Kier alpha value is -2.18. The first-order chi connectivity index (χ1) is 10.5. The van der Waals surface area contributed by atoms with Gasteiger partial charge in [0.25, 0.3) is 0 Å². The van der Waals surface area contributed by atoms with Crippen LogP contribution >= 0.6 is 0 Å². The summed E-state index contributed by atoms with van der Waals surface area (Å²) in [7, 11) is 0. The van der Waals surface area contributed by atoms with Crippen molar-refractivity contribution in [2.45, 2.75) is 44.2 Å². The van der Waals surface area contributed by atoms with Crippen molar-refractivity contribution >= 4 is 17.0 Å². The number of halogens is 2. The monoisotopic (exact) mass is 309 g/mol. The van der Waals surface area contributed by atoms with Crippen LogP contribution < -0.4 is 5.32 Å². The minimum absolute atomic E-state index is 0.0666. The van der Waals surface area contributed by atoms with Crippen molar-refractivity contribution in [1.29, 1.82) is 0 Å². The lowest BCUT2D eigenvalue weighted by atomic mass is 9.92. The van der Waals surface area contributed by atoms with Crippen molar-refractivity contribution in [2.24, 2.45) is 0 Å². The molecule has 22 heavy (non-hydrogen) atoms. The van der Waals surface area contributed by atoms with Crippen molar-refractivity contribution in [2.75, 3.05) is 0 Å². The third-order valence-corrected chi connectivity index (χ3v) is 4.13. The molecule has 1 saturated carbocycles. The molecule has 1 fully saturated rings. The number of aromatic nitrogens is 2. The van der Waals surface area contributed by atoms with E-state index in [1.807, 2.05) is 24.3 Å². The van der Waals surface area contributed by atoms with Gasteiger partial charge < -0.3 is 10.4 Å². The van der Waals surface area contributed by atoms with E-state index in [0.717, 1.165) is 10.9 Å². The van der Waals surface area contributed by atoms with Crippen LogP contribution in [0.3, 0.4) is 0 Å². The molecule has 0 atom stereocenters. The minimum atomic E-state index is -2.58. The van der Waals surface area contributed by atoms with E-state index in [-0.39, 0.29) is 25.4 Å². The Balaban J connectivity index is 1.91. The lowest BCUT2D eigenvalue weighted by Gasteiger charge is -2.28. The fourth-order valence-corrected chi connectivity index (χ4v) is 2.99. The highest BCUT2D eigenvalue weighted by Crippen LogP contribution is 2.39. The third kappa shape index (κ3) is 2.88. The fourth-order valence-electron chi connectivity index (χ4n) is 2.99. The second-order valence-corrected chi connectivity index (χ2v) is 5.65. The van der Waals surface area contributed by atoms with Crippen LogP contribution in [0.2, 0.25) is 0 Å². The van der Waals surface area contributed by atoms with Crippen LogP contribution in [0.25, 0.3) is 10.9 Å². The maximum Gasteiger partial charge on any atom is 0.404 e. The summed E-state index contributed by atoms with van der Waals surface area (Å²) in [6, 6.07) is 7.41. The van der Waals surface area contributed by atoms with Crippen LogP contribution in [-0.2, 0) is 6.54 Å². The summed E-state index contributed by atoms with van der Waals surface area (Å²) >= 11 is 0. The Morgan fingerprint density at radius 2 is 2.05 bits per heavy atom. The molecule has 2 aromatic rings. The Morgan fingerprint density at radius 1 is 1.36 bits per heavy atom. The van der Waals surface area contributed by atoms with Crippen molar-refractivity contribution < 1.29 is 18.7 Å². The zero-order valence-corrected chi connectivity index (χ0v) is 11.9. The fraction of sp³-hybridized carbons (Fsp3) is 0.467. The number of nitrogens with zero attached hydrogens (tertiary/aromatic N) is 2. The van der Waals surface area contributed by atoms with Gasteiger partial charge in [0.2, 0.25) is 5.92 Å². The largest absolute Gasteiger partial charge is 0.465 e. The highest BCUT2D eigenvalue weighted by atomic mass is 19.3. The molecule has 0 unspecified atom stereocenters. The molecule has 5 nitrogen and oxygen atoms in total. The second-order valence-electron chi connectivity index (χ2n) is 5.65. The van der Waals surface area contributed by atoms with Crippen LogP contribution in [0, 0.1) is 0 Å². The first-order valence-electron chi connectivity index (χ1n) is 7.27. The number of benzene rings is 1. The highest BCUT2D eigenvalue weighted by molar-refractivity contribution is 5.82. The maximum absolute atomic E-state index is 13.3. The van der Waals surface area contributed by atoms with Crippen LogP contribution in [-0.4, -0.2) is 26.9 Å². The summed E-state index contributed by atoms with van der Waals surface area (Å²) < 4.78 is 28.4. The molecule has 0 bridgehead atoms. The van der Waals surface area contributed by atoms with Crippen molar-refractivity contribution in [3.63, 3.8) is 0 Å². The number of para-hydroxylation sites is 1. The average Bonchev–Trinajstić information content (AvgIpc) is 2.84. The van der Waals surface area contributed by atoms with Crippen LogP contribution in [0.1, 0.15) is 37.4 Å². The lowest BCUT2D eigenvalue weighted by molar-refractivity contribution is -0.0446. The zero-order chi connectivity index (χ0) is 15.7. The van der Waals surface area contributed by atoms with Gasteiger partial charge in [0.1, 0.15) is 0 Å². The molecule has 1 amide bonds. The van der Waals surface area contributed by atoms with E-state index < -0.39 is 12.0 Å². The Bertz CT molecular complexity index is 689. The van der Waals surface area contributed by atoms with Gasteiger partial charge in [0.05, 0.1) is 23.8 Å². The van der Waals surface area contributed by atoms with Crippen LogP contribution in [0.5, 0.6) is 0 Å². The molecule has 118 valence electrons. The number of nitrogens with one attached hydrogen (secondary N) is 1.